The molecule has 174 valence electrons. The van der Waals surface area contributed by atoms with Gasteiger partial charge in [0.1, 0.15) is 11.8 Å². The fourth-order valence-electron chi connectivity index (χ4n) is 4.23. The van der Waals surface area contributed by atoms with E-state index in [-0.39, 0.29) is 11.4 Å². The highest BCUT2D eigenvalue weighted by atomic mass is 79.9. The lowest BCUT2D eigenvalue weighted by Crippen LogP contribution is -2.52. The van der Waals surface area contributed by atoms with E-state index in [1.54, 1.807) is 28.9 Å². The van der Waals surface area contributed by atoms with Gasteiger partial charge in [-0.15, -0.1) is 11.3 Å². The molecule has 7 nitrogen and oxygen atoms in total. The summed E-state index contributed by atoms with van der Waals surface area (Å²) < 4.78 is 34.7. The number of nitrogens with one attached hydrogen (secondary N) is 1. The number of thiophene rings is 1. The van der Waals surface area contributed by atoms with Gasteiger partial charge >= 0.3 is 0 Å². The van der Waals surface area contributed by atoms with Gasteiger partial charge in [0.2, 0.25) is 10.0 Å². The van der Waals surface area contributed by atoms with Crippen LogP contribution < -0.4 is 10.2 Å². The van der Waals surface area contributed by atoms with Gasteiger partial charge in [-0.2, -0.15) is 4.31 Å². The van der Waals surface area contributed by atoms with Crippen LogP contribution in [-0.2, 0) is 27.7 Å². The molecule has 1 aliphatic rings. The number of carbonyl (C=O) groups excluding carboxylic acids is 1. The Balaban J connectivity index is 1.80. The van der Waals surface area contributed by atoms with Crippen molar-refractivity contribution in [2.24, 2.45) is 0 Å². The van der Waals surface area contributed by atoms with Gasteiger partial charge in [-0.25, -0.2) is 13.9 Å². The summed E-state index contributed by atoms with van der Waals surface area (Å²) in [5.74, 6) is -0.701. The summed E-state index contributed by atoms with van der Waals surface area (Å²) in [6, 6.07) is 14.6. The van der Waals surface area contributed by atoms with Crippen LogP contribution in [-0.4, -0.2) is 43.5 Å². The van der Waals surface area contributed by atoms with Gasteiger partial charge in [0, 0.05) is 21.8 Å². The number of ether oxygens (including phenoxy) is 1. The number of nitrogens with zero attached hydrogens (tertiary/aromatic N) is 1. The van der Waals surface area contributed by atoms with Gasteiger partial charge in [0.05, 0.1) is 12.0 Å². The fraction of sp³-hybridized carbons (Fsp3) is 0.261. The van der Waals surface area contributed by atoms with Crippen molar-refractivity contribution in [1.82, 2.24) is 9.79 Å². The highest BCUT2D eigenvalue weighted by Gasteiger charge is 2.44. The number of halogens is 1. The number of hydrogen-bond acceptors (Lipinski definition) is 6. The number of hydrogen-bond donors (Lipinski definition) is 2. The Bertz CT molecular complexity index is 1230. The molecule has 10 heteroatoms. The smallest absolute Gasteiger partial charge is 0.262 e. The molecule has 0 aliphatic carbocycles. The molecule has 0 bridgehead atoms. The molecule has 1 aliphatic heterocycles. The fourth-order valence-corrected chi connectivity index (χ4v) is 7.07. The van der Waals surface area contributed by atoms with Gasteiger partial charge in [0.15, 0.2) is 0 Å². The van der Waals surface area contributed by atoms with Crippen molar-refractivity contribution in [3.63, 3.8) is 0 Å². The van der Waals surface area contributed by atoms with Crippen molar-refractivity contribution in [2.75, 3.05) is 13.7 Å². The molecular weight excluding hydrogens is 528 g/mol. The standard InChI is InChI=1S/C23H23BrN2O5S2/c1-31-17-6-8-18(9-7-17)33(29,30)26-12-10-21-19(11-13-32-21)20(22(26)23(27)25-28)14-15-2-4-16(24)5-3-15/h2-9,11,13,20,22,28H,10,12,14H2,1H3,(H,25,27)/t20-,22-/m0/s1. The second-order valence-electron chi connectivity index (χ2n) is 7.70. The Kier molecular flexibility index (Phi) is 7.20. The second kappa shape index (κ2) is 9.94. The van der Waals surface area contributed by atoms with Crippen LogP contribution in [0.3, 0.4) is 0 Å². The number of carbonyl (C=O) groups is 1. The minimum atomic E-state index is -4.04. The predicted molar refractivity (Wildman–Crippen MR) is 129 cm³/mol. The van der Waals surface area contributed by atoms with Gasteiger partial charge < -0.3 is 4.74 Å². The zero-order valence-corrected chi connectivity index (χ0v) is 21.0. The molecule has 0 fully saturated rings. The molecule has 1 aromatic heterocycles. The van der Waals surface area contributed by atoms with E-state index in [0.29, 0.717) is 18.6 Å². The molecule has 4 rings (SSSR count). The minimum Gasteiger partial charge on any atom is -0.497 e. The number of fused-ring (bicyclic) bond motifs is 1. The van der Waals surface area contributed by atoms with Crippen molar-refractivity contribution in [3.8, 4) is 5.75 Å². The first-order chi connectivity index (χ1) is 15.8. The van der Waals surface area contributed by atoms with Crippen LogP contribution in [0.15, 0.2) is 69.3 Å². The maximum atomic E-state index is 13.7. The Morgan fingerprint density at radius 1 is 1.18 bits per heavy atom. The van der Waals surface area contributed by atoms with E-state index in [1.165, 1.54) is 23.5 Å². The Hall–Kier alpha value is -2.24. The van der Waals surface area contributed by atoms with Crippen molar-refractivity contribution in [2.45, 2.75) is 29.7 Å². The number of methoxy groups -OCH3 is 1. The molecule has 0 saturated carbocycles. The molecule has 2 aromatic carbocycles. The van der Waals surface area contributed by atoms with E-state index >= 15 is 0 Å². The highest BCUT2D eigenvalue weighted by molar-refractivity contribution is 9.10. The third-order valence-electron chi connectivity index (χ3n) is 5.84. The maximum absolute atomic E-state index is 13.7. The topological polar surface area (TPSA) is 95.9 Å². The largest absolute Gasteiger partial charge is 0.497 e. The third-order valence-corrected chi connectivity index (χ3v) is 9.26. The van der Waals surface area contributed by atoms with Crippen LogP contribution in [0, 0.1) is 0 Å². The molecule has 0 spiro atoms. The molecular formula is C23H23BrN2O5S2. The second-order valence-corrected chi connectivity index (χ2v) is 11.5. The van der Waals surface area contributed by atoms with Crippen LogP contribution >= 0.6 is 27.3 Å². The van der Waals surface area contributed by atoms with Crippen LogP contribution in [0.4, 0.5) is 0 Å². The van der Waals surface area contributed by atoms with E-state index in [9.17, 15) is 18.4 Å². The predicted octanol–water partition coefficient (Wildman–Crippen LogP) is 3.97. The molecule has 0 unspecified atom stereocenters. The zero-order chi connectivity index (χ0) is 23.6. The average Bonchev–Trinajstić information content (AvgIpc) is 3.23. The molecule has 1 amide bonds. The molecule has 0 radical (unpaired) electrons. The SMILES string of the molecule is COc1ccc(S(=O)(=O)N2CCc3sccc3[C@H](Cc3ccc(Br)cc3)[C@H]2C(=O)NO)cc1. The van der Waals surface area contributed by atoms with Crippen molar-refractivity contribution in [3.05, 3.63) is 80.5 Å². The molecule has 2 N–H and O–H groups in total. The molecule has 2 atom stereocenters. The summed E-state index contributed by atoms with van der Waals surface area (Å²) in [7, 11) is -2.53. The Morgan fingerprint density at radius 3 is 2.52 bits per heavy atom. The molecule has 33 heavy (non-hydrogen) atoms. The lowest BCUT2D eigenvalue weighted by molar-refractivity contribution is -0.133. The van der Waals surface area contributed by atoms with E-state index in [1.807, 2.05) is 35.7 Å². The molecule has 2 heterocycles. The lowest BCUT2D eigenvalue weighted by Gasteiger charge is -2.33. The third kappa shape index (κ3) is 4.85. The quantitative estimate of drug-likeness (QED) is 0.357. The number of hydroxylamine groups is 1. The minimum absolute atomic E-state index is 0.0617. The van der Waals surface area contributed by atoms with Crippen molar-refractivity contribution < 1.29 is 23.2 Å². The summed E-state index contributed by atoms with van der Waals surface area (Å²) in [5, 5.41) is 11.5. The van der Waals surface area contributed by atoms with Crippen LogP contribution in [0.1, 0.15) is 21.9 Å². The summed E-state index contributed by atoms with van der Waals surface area (Å²) >= 11 is 4.98. The highest BCUT2D eigenvalue weighted by Crippen LogP contribution is 2.38. The van der Waals surface area contributed by atoms with Crippen molar-refractivity contribution >= 4 is 43.2 Å². The van der Waals surface area contributed by atoms with E-state index < -0.39 is 27.9 Å². The van der Waals surface area contributed by atoms with Crippen molar-refractivity contribution in [1.29, 1.82) is 0 Å². The van der Waals surface area contributed by atoms with Gasteiger partial charge in [-0.05, 0) is 71.8 Å². The van der Waals surface area contributed by atoms with Gasteiger partial charge in [0.25, 0.3) is 5.91 Å². The van der Waals surface area contributed by atoms with Gasteiger partial charge in [-0.3, -0.25) is 10.0 Å². The summed E-state index contributed by atoms with van der Waals surface area (Å²) in [5.41, 5.74) is 3.61. The lowest BCUT2D eigenvalue weighted by atomic mass is 9.86. The summed E-state index contributed by atoms with van der Waals surface area (Å²) in [4.78, 5) is 14.1. The normalized spacial score (nSPS) is 18.9. The maximum Gasteiger partial charge on any atom is 0.262 e. The Labute approximate surface area is 205 Å². The first-order valence-corrected chi connectivity index (χ1v) is 13.4. The first kappa shape index (κ1) is 23.9. The Morgan fingerprint density at radius 2 is 1.88 bits per heavy atom. The monoisotopic (exact) mass is 550 g/mol. The van der Waals surface area contributed by atoms with E-state index in [4.69, 9.17) is 4.74 Å². The van der Waals surface area contributed by atoms with Gasteiger partial charge in [-0.1, -0.05) is 28.1 Å². The first-order valence-electron chi connectivity index (χ1n) is 10.3. The molecule has 0 saturated heterocycles. The van der Waals surface area contributed by atoms with E-state index in [0.717, 1.165) is 20.5 Å². The number of amides is 1. The van der Waals surface area contributed by atoms with E-state index in [2.05, 4.69) is 15.9 Å². The van der Waals surface area contributed by atoms with Crippen LogP contribution in [0.5, 0.6) is 5.75 Å². The number of rotatable bonds is 6. The van der Waals surface area contributed by atoms with Crippen LogP contribution in [0.25, 0.3) is 0 Å². The number of benzene rings is 2. The molecule has 3 aromatic rings. The van der Waals surface area contributed by atoms with Crippen LogP contribution in [0.2, 0.25) is 0 Å². The average molecular weight is 551 g/mol. The zero-order valence-electron chi connectivity index (χ0n) is 17.8. The summed E-state index contributed by atoms with van der Waals surface area (Å²) in [6.07, 6.45) is 0.915. The summed E-state index contributed by atoms with van der Waals surface area (Å²) in [6.45, 7) is 0.122. The number of sulfonamides is 1.